The molecule has 0 aliphatic carbocycles. The van der Waals surface area contributed by atoms with Gasteiger partial charge in [0, 0.05) is 11.1 Å². The minimum atomic E-state index is -0.252. The average molecular weight is 390 g/mol. The zero-order valence-electron chi connectivity index (χ0n) is 14.3. The molecule has 0 aliphatic heterocycles. The second kappa shape index (κ2) is 7.48. The van der Waals surface area contributed by atoms with E-state index in [9.17, 15) is 9.59 Å². The molecule has 1 amide bonds. The Labute approximate surface area is 160 Å². The van der Waals surface area contributed by atoms with Crippen LogP contribution in [0.5, 0.6) is 0 Å². The molecule has 0 aliphatic rings. The maximum Gasteiger partial charge on any atom is 0.258 e. The van der Waals surface area contributed by atoms with E-state index < -0.39 is 0 Å². The van der Waals surface area contributed by atoms with Gasteiger partial charge in [-0.2, -0.15) is 0 Å². The maximum atomic E-state index is 12.9. The monoisotopic (exact) mass is 389 g/mol. The fourth-order valence-electron chi connectivity index (χ4n) is 2.68. The number of fused-ring (bicyclic) bond motifs is 1. The summed E-state index contributed by atoms with van der Waals surface area (Å²) in [7, 11) is 0. The van der Waals surface area contributed by atoms with Crippen LogP contribution in [0, 0.1) is 0 Å². The van der Waals surface area contributed by atoms with Gasteiger partial charge in [0.25, 0.3) is 11.5 Å². The van der Waals surface area contributed by atoms with Crippen LogP contribution in [-0.2, 0) is 6.54 Å². The van der Waals surface area contributed by atoms with Gasteiger partial charge in [-0.1, -0.05) is 35.3 Å². The minimum absolute atomic E-state index is 0.119. The van der Waals surface area contributed by atoms with E-state index in [1.54, 1.807) is 35.2 Å². The Balaban J connectivity index is 1.96. The number of nitrogens with zero attached hydrogens (tertiary/aromatic N) is 2. The molecule has 0 saturated heterocycles. The van der Waals surface area contributed by atoms with Crippen LogP contribution in [0.4, 0.5) is 0 Å². The summed E-state index contributed by atoms with van der Waals surface area (Å²) in [6.45, 7) is 3.94. The van der Waals surface area contributed by atoms with Gasteiger partial charge in [0.15, 0.2) is 0 Å². The van der Waals surface area contributed by atoms with Gasteiger partial charge in [0.2, 0.25) is 0 Å². The molecule has 1 N–H and O–H groups in total. The number of hydrogen-bond donors (Lipinski definition) is 1. The smallest absolute Gasteiger partial charge is 0.258 e. The molecule has 2 aromatic carbocycles. The van der Waals surface area contributed by atoms with Crippen LogP contribution in [-0.4, -0.2) is 26.8 Å². The average Bonchev–Trinajstić information content (AvgIpc) is 2.59. The molecule has 0 spiro atoms. The number of amides is 1. The van der Waals surface area contributed by atoms with Crippen molar-refractivity contribution < 1.29 is 4.79 Å². The summed E-state index contributed by atoms with van der Waals surface area (Å²) < 4.78 is 0. The van der Waals surface area contributed by atoms with Crippen molar-refractivity contribution in [1.82, 2.24) is 14.9 Å². The topological polar surface area (TPSA) is 66.1 Å². The lowest BCUT2D eigenvalue weighted by Crippen LogP contribution is -2.37. The molecular weight excluding hydrogens is 373 g/mol. The Bertz CT molecular complexity index is 1030. The zero-order valence-corrected chi connectivity index (χ0v) is 15.8. The number of hydrogen-bond acceptors (Lipinski definition) is 3. The van der Waals surface area contributed by atoms with E-state index in [0.29, 0.717) is 27.3 Å². The van der Waals surface area contributed by atoms with Gasteiger partial charge in [-0.3, -0.25) is 9.59 Å². The fourth-order valence-corrected chi connectivity index (χ4v) is 3.17. The molecule has 26 heavy (non-hydrogen) atoms. The molecule has 0 atom stereocenters. The standard InChI is InChI=1S/C19H17Cl2N3O2/c1-11(2)24(19(26)13-8-7-12(20)9-15(13)21)10-17-22-16-6-4-3-5-14(16)18(25)23-17/h3-9,11H,10H2,1-2H3,(H,22,23,25). The highest BCUT2D eigenvalue weighted by molar-refractivity contribution is 6.36. The SMILES string of the molecule is CC(C)N(Cc1nc2ccccc2c(=O)[nH]1)C(=O)c1ccc(Cl)cc1Cl. The van der Waals surface area contributed by atoms with Crippen molar-refractivity contribution in [1.29, 1.82) is 0 Å². The fraction of sp³-hybridized carbons (Fsp3) is 0.211. The second-order valence-electron chi connectivity index (χ2n) is 6.18. The van der Waals surface area contributed by atoms with Crippen molar-refractivity contribution in [2.45, 2.75) is 26.4 Å². The number of carbonyl (C=O) groups excluding carboxylic acids is 1. The van der Waals surface area contributed by atoms with Crippen LogP contribution in [0.2, 0.25) is 10.0 Å². The third-order valence-electron chi connectivity index (χ3n) is 4.03. The number of nitrogens with one attached hydrogen (secondary N) is 1. The zero-order chi connectivity index (χ0) is 18.8. The lowest BCUT2D eigenvalue weighted by molar-refractivity contribution is 0.0685. The molecule has 1 heterocycles. The largest absolute Gasteiger partial charge is 0.329 e. The number of aromatic nitrogens is 2. The number of carbonyl (C=O) groups is 1. The third kappa shape index (κ3) is 3.74. The molecule has 7 heteroatoms. The predicted octanol–water partition coefficient (Wildman–Crippen LogP) is 4.28. The van der Waals surface area contributed by atoms with Gasteiger partial charge < -0.3 is 9.88 Å². The van der Waals surface area contributed by atoms with Crippen molar-refractivity contribution in [2.24, 2.45) is 0 Å². The second-order valence-corrected chi connectivity index (χ2v) is 7.02. The van der Waals surface area contributed by atoms with Gasteiger partial charge in [0.05, 0.1) is 28.0 Å². The number of aromatic amines is 1. The van der Waals surface area contributed by atoms with Crippen LogP contribution in [0.15, 0.2) is 47.3 Å². The van der Waals surface area contributed by atoms with Gasteiger partial charge in [-0.15, -0.1) is 0 Å². The van der Waals surface area contributed by atoms with E-state index in [-0.39, 0.29) is 29.1 Å². The van der Waals surface area contributed by atoms with Crippen molar-refractivity contribution in [2.75, 3.05) is 0 Å². The van der Waals surface area contributed by atoms with Gasteiger partial charge >= 0.3 is 0 Å². The van der Waals surface area contributed by atoms with E-state index in [4.69, 9.17) is 23.2 Å². The molecule has 0 unspecified atom stereocenters. The molecule has 3 rings (SSSR count). The van der Waals surface area contributed by atoms with Crippen LogP contribution in [0.1, 0.15) is 30.0 Å². The Kier molecular flexibility index (Phi) is 5.30. The number of para-hydroxylation sites is 1. The van der Waals surface area contributed by atoms with Crippen molar-refractivity contribution in [3.63, 3.8) is 0 Å². The molecule has 0 fully saturated rings. The van der Waals surface area contributed by atoms with Gasteiger partial charge in [-0.05, 0) is 44.2 Å². The van der Waals surface area contributed by atoms with E-state index in [0.717, 1.165) is 0 Å². The van der Waals surface area contributed by atoms with Crippen molar-refractivity contribution >= 4 is 40.0 Å². The summed E-state index contributed by atoms with van der Waals surface area (Å²) in [6, 6.07) is 11.7. The summed E-state index contributed by atoms with van der Waals surface area (Å²) in [5.41, 5.74) is 0.714. The molecule has 5 nitrogen and oxygen atoms in total. The highest BCUT2D eigenvalue weighted by atomic mass is 35.5. The molecule has 0 saturated carbocycles. The summed E-state index contributed by atoms with van der Waals surface area (Å²) in [6.07, 6.45) is 0. The summed E-state index contributed by atoms with van der Waals surface area (Å²) in [5.74, 6) is 0.165. The molecule has 134 valence electrons. The van der Waals surface area contributed by atoms with Gasteiger partial charge in [-0.25, -0.2) is 4.98 Å². The Morgan fingerprint density at radius 1 is 1.19 bits per heavy atom. The van der Waals surface area contributed by atoms with E-state index in [1.807, 2.05) is 19.9 Å². The first-order valence-corrected chi connectivity index (χ1v) is 8.86. The van der Waals surface area contributed by atoms with Gasteiger partial charge in [0.1, 0.15) is 5.82 Å². The molecular formula is C19H17Cl2N3O2. The Morgan fingerprint density at radius 2 is 1.92 bits per heavy atom. The Morgan fingerprint density at radius 3 is 2.62 bits per heavy atom. The normalized spacial score (nSPS) is 11.1. The van der Waals surface area contributed by atoms with Crippen LogP contribution in [0.3, 0.4) is 0 Å². The van der Waals surface area contributed by atoms with E-state index >= 15 is 0 Å². The van der Waals surface area contributed by atoms with Crippen LogP contribution < -0.4 is 5.56 Å². The summed E-state index contributed by atoms with van der Waals surface area (Å²) >= 11 is 12.1. The first-order valence-electron chi connectivity index (χ1n) is 8.11. The quantitative estimate of drug-likeness (QED) is 0.723. The summed E-state index contributed by atoms with van der Waals surface area (Å²) in [4.78, 5) is 34.0. The summed E-state index contributed by atoms with van der Waals surface area (Å²) in [5, 5.41) is 1.26. The first kappa shape index (κ1) is 18.4. The lowest BCUT2D eigenvalue weighted by atomic mass is 10.1. The Hall–Kier alpha value is -2.37. The molecule has 3 aromatic rings. The molecule has 0 radical (unpaired) electrons. The van der Waals surface area contributed by atoms with Crippen LogP contribution >= 0.6 is 23.2 Å². The van der Waals surface area contributed by atoms with Crippen molar-refractivity contribution in [3.8, 4) is 0 Å². The number of benzene rings is 2. The highest BCUT2D eigenvalue weighted by Gasteiger charge is 2.22. The number of halogens is 2. The van der Waals surface area contributed by atoms with E-state index in [2.05, 4.69) is 9.97 Å². The van der Waals surface area contributed by atoms with E-state index in [1.165, 1.54) is 6.07 Å². The minimum Gasteiger partial charge on any atom is -0.329 e. The van der Waals surface area contributed by atoms with Crippen LogP contribution in [0.25, 0.3) is 10.9 Å². The lowest BCUT2D eigenvalue weighted by Gasteiger charge is -2.26. The number of H-pyrrole nitrogens is 1. The molecule has 1 aromatic heterocycles. The first-order chi connectivity index (χ1) is 12.4. The third-order valence-corrected chi connectivity index (χ3v) is 4.58. The molecule has 0 bridgehead atoms. The van der Waals surface area contributed by atoms with Crippen molar-refractivity contribution in [3.05, 3.63) is 74.3 Å². The maximum absolute atomic E-state index is 12.9. The number of rotatable bonds is 4. The predicted molar refractivity (Wildman–Crippen MR) is 104 cm³/mol. The highest BCUT2D eigenvalue weighted by Crippen LogP contribution is 2.23.